The van der Waals surface area contributed by atoms with Gasteiger partial charge in [0.15, 0.2) is 0 Å². The van der Waals surface area contributed by atoms with E-state index >= 15 is 0 Å². The summed E-state index contributed by atoms with van der Waals surface area (Å²) in [7, 11) is 1.06. The summed E-state index contributed by atoms with van der Waals surface area (Å²) in [5, 5.41) is 9.42. The third kappa shape index (κ3) is 2.65. The number of aromatic nitrogens is 2. The van der Waals surface area contributed by atoms with E-state index in [-0.39, 0.29) is 6.54 Å². The van der Waals surface area contributed by atoms with E-state index in [9.17, 15) is 18.0 Å². The second kappa shape index (κ2) is 4.59. The number of hydrogen-bond acceptors (Lipinski definition) is 3. The van der Waals surface area contributed by atoms with Crippen molar-refractivity contribution in [3.8, 4) is 0 Å². The predicted octanol–water partition coefficient (Wildman–Crippen LogP) is 2.66. The van der Waals surface area contributed by atoms with E-state index < -0.39 is 27.6 Å². The van der Waals surface area contributed by atoms with Gasteiger partial charge < -0.3 is 4.90 Å². The highest BCUT2D eigenvalue weighted by Gasteiger charge is 2.41. The summed E-state index contributed by atoms with van der Waals surface area (Å²) >= 11 is 0. The number of hydrogen-bond donors (Lipinski definition) is 1. The minimum Gasteiger partial charge on any atom is -0.336 e. The highest BCUT2D eigenvalue weighted by atomic mass is 33.2. The van der Waals surface area contributed by atoms with Crippen molar-refractivity contribution in [1.29, 1.82) is 0 Å². The van der Waals surface area contributed by atoms with Gasteiger partial charge in [-0.15, -0.1) is 9.06 Å². The number of carbonyl (C=O) groups is 1. The zero-order valence-corrected chi connectivity index (χ0v) is 12.4. The Kier molecular flexibility index (Phi) is 3.24. The molecule has 1 unspecified atom stereocenters. The molecule has 1 amide bonds. The summed E-state index contributed by atoms with van der Waals surface area (Å²) in [5.74, 6) is -0.862. The fraction of sp³-hybridized carbons (Fsp3) is 0.636. The Morgan fingerprint density at radius 3 is 2.85 bits per heavy atom. The molecular weight excluding hydrogens is 311 g/mol. The maximum atomic E-state index is 12.3. The molecule has 3 heterocycles. The normalized spacial score (nSPS) is 28.7. The van der Waals surface area contributed by atoms with Crippen LogP contribution >= 0.6 is 19.9 Å². The Labute approximate surface area is 119 Å². The minimum absolute atomic E-state index is 0.206. The van der Waals surface area contributed by atoms with E-state index in [1.165, 1.54) is 4.90 Å². The molecule has 1 atom stereocenters. The van der Waals surface area contributed by atoms with Gasteiger partial charge in [-0.2, -0.15) is 18.3 Å². The number of nitrogens with one attached hydrogen (secondary N) is 1. The first-order chi connectivity index (χ1) is 9.28. The van der Waals surface area contributed by atoms with Gasteiger partial charge in [-0.05, 0) is 12.7 Å². The summed E-state index contributed by atoms with van der Waals surface area (Å²) < 4.78 is 36.8. The molecular formula is C11H14F3N3OS2. The molecule has 1 saturated heterocycles. The first-order valence-electron chi connectivity index (χ1n) is 6.09. The minimum atomic E-state index is -4.45. The molecule has 0 aromatic carbocycles. The number of carbonyl (C=O) groups excluding carboxylic acids is 1. The van der Waals surface area contributed by atoms with Crippen LogP contribution in [0.25, 0.3) is 0 Å². The Balaban J connectivity index is 1.73. The molecule has 9 heteroatoms. The van der Waals surface area contributed by atoms with Crippen LogP contribution in [0.4, 0.5) is 13.2 Å². The Hall–Kier alpha value is -0.830. The van der Waals surface area contributed by atoms with Gasteiger partial charge in [-0.1, -0.05) is 10.8 Å². The average Bonchev–Trinajstić information content (AvgIpc) is 2.94. The lowest BCUT2D eigenvalue weighted by Crippen LogP contribution is -2.38. The fourth-order valence-corrected chi connectivity index (χ4v) is 6.49. The summed E-state index contributed by atoms with van der Waals surface area (Å²) in [5.41, 5.74) is 1.91. The van der Waals surface area contributed by atoms with E-state index in [0.29, 0.717) is 13.0 Å². The van der Waals surface area contributed by atoms with Crippen molar-refractivity contribution in [2.75, 3.05) is 17.9 Å². The molecule has 0 bridgehead atoms. The van der Waals surface area contributed by atoms with Crippen molar-refractivity contribution in [3.05, 3.63) is 11.3 Å². The fourth-order valence-electron chi connectivity index (χ4n) is 2.32. The first-order valence-corrected chi connectivity index (χ1v) is 9.81. The lowest BCUT2D eigenvalue weighted by molar-refractivity contribution is -0.162. The van der Waals surface area contributed by atoms with Gasteiger partial charge >= 0.3 is 6.18 Å². The standard InChI is InChI=1S/C11H14F3N3OS2/c1-20(6-19-20)10-7-2-3-17(5-8(7)15-16-10)9(18)4-11(12,13)14/h2-6H2,1H3,(H,15,16). The number of rotatable bonds is 2. The molecule has 1 aromatic rings. The summed E-state index contributed by atoms with van der Waals surface area (Å²) in [6.45, 7) is 0.548. The van der Waals surface area contributed by atoms with Crippen molar-refractivity contribution in [2.24, 2.45) is 0 Å². The largest absolute Gasteiger partial charge is 0.397 e. The quantitative estimate of drug-likeness (QED) is 0.672. The van der Waals surface area contributed by atoms with Gasteiger partial charge in [0.05, 0.1) is 12.2 Å². The molecule has 112 valence electrons. The Morgan fingerprint density at radius 2 is 2.25 bits per heavy atom. The van der Waals surface area contributed by atoms with Gasteiger partial charge in [0, 0.05) is 17.2 Å². The van der Waals surface area contributed by atoms with Crippen LogP contribution in [0.3, 0.4) is 0 Å². The zero-order valence-electron chi connectivity index (χ0n) is 10.8. The Morgan fingerprint density at radius 1 is 1.55 bits per heavy atom. The molecule has 0 aliphatic carbocycles. The van der Waals surface area contributed by atoms with E-state index in [4.69, 9.17) is 0 Å². The molecule has 2 aliphatic rings. The van der Waals surface area contributed by atoms with Crippen LogP contribution in [0.15, 0.2) is 5.03 Å². The highest BCUT2D eigenvalue weighted by Crippen LogP contribution is 2.80. The smallest absolute Gasteiger partial charge is 0.336 e. The summed E-state index contributed by atoms with van der Waals surface area (Å²) in [6, 6.07) is 0. The number of halogens is 3. The molecule has 2 aliphatic heterocycles. The second-order valence-electron chi connectivity index (χ2n) is 5.08. The van der Waals surface area contributed by atoms with Crippen LogP contribution in [0.5, 0.6) is 0 Å². The summed E-state index contributed by atoms with van der Waals surface area (Å²) in [6.07, 6.45) is -3.05. The second-order valence-corrected chi connectivity index (χ2v) is 11.6. The van der Waals surface area contributed by atoms with Crippen molar-refractivity contribution >= 4 is 25.8 Å². The van der Waals surface area contributed by atoms with E-state index in [2.05, 4.69) is 16.5 Å². The van der Waals surface area contributed by atoms with Crippen LogP contribution in [0.1, 0.15) is 17.7 Å². The SMILES string of the molecule is CS1(c2n[nH]c3c2CCN(C(=O)CC(F)(F)F)C3)CS1. The maximum absolute atomic E-state index is 12.3. The van der Waals surface area contributed by atoms with Crippen LogP contribution in [-0.4, -0.2) is 45.1 Å². The number of nitrogens with zero attached hydrogens (tertiary/aromatic N) is 2. The highest BCUT2D eigenvalue weighted by molar-refractivity contribution is 9.08. The van der Waals surface area contributed by atoms with Gasteiger partial charge in [-0.25, -0.2) is 0 Å². The third-order valence-corrected chi connectivity index (χ3v) is 8.88. The van der Waals surface area contributed by atoms with E-state index in [1.54, 1.807) is 0 Å². The average molecular weight is 325 g/mol. The lowest BCUT2D eigenvalue weighted by Gasteiger charge is -2.28. The number of H-pyrrole nitrogens is 1. The molecule has 0 spiro atoms. The number of amides is 1. The first kappa shape index (κ1) is 14.1. The van der Waals surface area contributed by atoms with E-state index in [0.717, 1.165) is 21.4 Å². The van der Waals surface area contributed by atoms with Crippen molar-refractivity contribution in [3.63, 3.8) is 0 Å². The number of fused-ring (bicyclic) bond motifs is 1. The topological polar surface area (TPSA) is 49.0 Å². The van der Waals surface area contributed by atoms with Crippen molar-refractivity contribution < 1.29 is 18.0 Å². The van der Waals surface area contributed by atoms with E-state index in [1.807, 2.05) is 10.8 Å². The van der Waals surface area contributed by atoms with Crippen LogP contribution in [0, 0.1) is 0 Å². The molecule has 1 fully saturated rings. The molecule has 1 aromatic heterocycles. The van der Waals surface area contributed by atoms with Crippen LogP contribution < -0.4 is 0 Å². The molecule has 3 rings (SSSR count). The summed E-state index contributed by atoms with van der Waals surface area (Å²) in [4.78, 5) is 12.9. The van der Waals surface area contributed by atoms with Crippen molar-refractivity contribution in [2.45, 2.75) is 30.6 Å². The Bertz CT molecular complexity index is 554. The van der Waals surface area contributed by atoms with Crippen LogP contribution in [-0.2, 0) is 17.8 Å². The molecule has 1 N–H and O–H groups in total. The van der Waals surface area contributed by atoms with Gasteiger partial charge in [-0.3, -0.25) is 9.89 Å². The zero-order chi connectivity index (χ0) is 14.5. The van der Waals surface area contributed by atoms with Crippen molar-refractivity contribution in [1.82, 2.24) is 15.1 Å². The molecule has 0 radical (unpaired) electrons. The monoisotopic (exact) mass is 325 g/mol. The van der Waals surface area contributed by atoms with Gasteiger partial charge in [0.2, 0.25) is 5.91 Å². The predicted molar refractivity (Wildman–Crippen MR) is 72.6 cm³/mol. The van der Waals surface area contributed by atoms with Gasteiger partial charge in [0.25, 0.3) is 0 Å². The van der Waals surface area contributed by atoms with Crippen LogP contribution in [0.2, 0.25) is 0 Å². The maximum Gasteiger partial charge on any atom is 0.397 e. The molecule has 4 nitrogen and oxygen atoms in total. The third-order valence-electron chi connectivity index (χ3n) is 3.48. The lowest BCUT2D eigenvalue weighted by atomic mass is 10.1. The van der Waals surface area contributed by atoms with Gasteiger partial charge in [0.1, 0.15) is 11.4 Å². The number of aromatic amines is 1. The number of alkyl halides is 3. The molecule has 20 heavy (non-hydrogen) atoms. The molecule has 0 saturated carbocycles.